The van der Waals surface area contributed by atoms with E-state index in [9.17, 15) is 14.2 Å². The summed E-state index contributed by atoms with van der Waals surface area (Å²) >= 11 is 0. The van der Waals surface area contributed by atoms with Gasteiger partial charge in [-0.1, -0.05) is 142 Å². The molecule has 0 saturated heterocycles. The highest BCUT2D eigenvalue weighted by molar-refractivity contribution is 7.46. The van der Waals surface area contributed by atoms with Gasteiger partial charge in [0.25, 0.3) is 0 Å². The van der Waals surface area contributed by atoms with Crippen LogP contribution < -0.4 is 0 Å². The molecule has 0 heterocycles. The molecule has 0 amide bonds. The predicted molar refractivity (Wildman–Crippen MR) is 161 cm³/mol. The number of carbonyl (C=O) groups is 2. The van der Waals surface area contributed by atoms with Gasteiger partial charge in [-0.3, -0.25) is 14.1 Å². The summed E-state index contributed by atoms with van der Waals surface area (Å²) < 4.78 is 26.1. The van der Waals surface area contributed by atoms with Crippen LogP contribution in [0.4, 0.5) is 0 Å². The van der Waals surface area contributed by atoms with Gasteiger partial charge in [0.15, 0.2) is 6.10 Å². The third-order valence-corrected chi connectivity index (χ3v) is 7.61. The Morgan fingerprint density at radius 2 is 0.900 bits per heavy atom. The molecular weight excluding hydrogens is 531 g/mol. The first-order chi connectivity index (χ1) is 19.3. The molecule has 1 unspecified atom stereocenters. The predicted octanol–water partition coefficient (Wildman–Crippen LogP) is 8.95. The van der Waals surface area contributed by atoms with Crippen molar-refractivity contribution in [3.8, 4) is 0 Å². The van der Waals surface area contributed by atoms with E-state index in [1.165, 1.54) is 103 Å². The first kappa shape index (κ1) is 39.0. The van der Waals surface area contributed by atoms with Gasteiger partial charge in [0.2, 0.25) is 0 Å². The number of ether oxygens (including phenoxy) is 2. The van der Waals surface area contributed by atoms with Gasteiger partial charge in [0.1, 0.15) is 6.61 Å². The maximum Gasteiger partial charge on any atom is 0.469 e. The number of phosphoric acid groups is 1. The molecule has 2 N–H and O–H groups in total. The van der Waals surface area contributed by atoms with E-state index >= 15 is 0 Å². The zero-order chi connectivity index (χ0) is 29.7. The summed E-state index contributed by atoms with van der Waals surface area (Å²) in [6, 6.07) is 0. The van der Waals surface area contributed by atoms with Crippen LogP contribution in [0, 0.1) is 0 Å². The topological polar surface area (TPSA) is 119 Å². The first-order valence-corrected chi connectivity index (χ1v) is 17.9. The summed E-state index contributed by atoms with van der Waals surface area (Å²) in [7, 11) is -4.73. The number of phosphoric ester groups is 1. The average Bonchev–Trinajstić information content (AvgIpc) is 2.91. The minimum Gasteiger partial charge on any atom is -0.462 e. The zero-order valence-corrected chi connectivity index (χ0v) is 26.6. The molecule has 0 radical (unpaired) electrons. The van der Waals surface area contributed by atoms with Gasteiger partial charge in [-0.15, -0.1) is 0 Å². The van der Waals surface area contributed by atoms with Crippen LogP contribution in [-0.2, 0) is 28.2 Å². The number of unbranched alkanes of at least 4 members (excludes halogenated alkanes) is 20. The van der Waals surface area contributed by atoms with Gasteiger partial charge in [-0.2, -0.15) is 0 Å². The summed E-state index contributed by atoms with van der Waals surface area (Å²) in [6.45, 7) is 3.62. The van der Waals surface area contributed by atoms with E-state index < -0.39 is 32.5 Å². The van der Waals surface area contributed by atoms with Crippen molar-refractivity contribution in [3.63, 3.8) is 0 Å². The highest BCUT2D eigenvalue weighted by Gasteiger charge is 2.22. The largest absolute Gasteiger partial charge is 0.469 e. The number of rotatable bonds is 30. The highest BCUT2D eigenvalue weighted by Crippen LogP contribution is 2.35. The third kappa shape index (κ3) is 30.0. The molecule has 0 spiro atoms. The van der Waals surface area contributed by atoms with E-state index in [2.05, 4.69) is 18.4 Å². The molecular formula is C31H61O8P. The summed E-state index contributed by atoms with van der Waals surface area (Å²) in [5.41, 5.74) is 0. The molecule has 0 aliphatic carbocycles. The minimum absolute atomic E-state index is 0.219. The maximum absolute atomic E-state index is 12.3. The van der Waals surface area contributed by atoms with Crippen LogP contribution >= 0.6 is 7.82 Å². The van der Waals surface area contributed by atoms with Crippen molar-refractivity contribution in [2.45, 2.75) is 174 Å². The Bertz CT molecular complexity index is 637. The SMILES string of the molecule is CCCCCCCCCCCCCCCCCC(=O)OC(COC(=O)CCCCCCCCC)COP(=O)(O)O. The Hall–Kier alpha value is -0.950. The van der Waals surface area contributed by atoms with Crippen LogP contribution in [-0.4, -0.2) is 41.0 Å². The fourth-order valence-corrected chi connectivity index (χ4v) is 5.03. The molecule has 0 aliphatic rings. The molecule has 0 aliphatic heterocycles. The van der Waals surface area contributed by atoms with E-state index in [4.69, 9.17) is 19.3 Å². The molecule has 0 aromatic carbocycles. The molecule has 8 nitrogen and oxygen atoms in total. The van der Waals surface area contributed by atoms with Crippen LogP contribution in [0.25, 0.3) is 0 Å². The normalized spacial score (nSPS) is 12.4. The summed E-state index contributed by atoms with van der Waals surface area (Å²) in [5, 5.41) is 0. The van der Waals surface area contributed by atoms with Gasteiger partial charge >= 0.3 is 19.8 Å². The monoisotopic (exact) mass is 592 g/mol. The smallest absolute Gasteiger partial charge is 0.462 e. The van der Waals surface area contributed by atoms with Gasteiger partial charge < -0.3 is 19.3 Å². The number of carbonyl (C=O) groups excluding carboxylic acids is 2. The van der Waals surface area contributed by atoms with Gasteiger partial charge in [-0.05, 0) is 12.8 Å². The van der Waals surface area contributed by atoms with E-state index in [0.717, 1.165) is 32.1 Å². The van der Waals surface area contributed by atoms with Crippen LogP contribution in [0.5, 0.6) is 0 Å². The second kappa shape index (κ2) is 28.2. The van der Waals surface area contributed by atoms with Gasteiger partial charge in [-0.25, -0.2) is 4.57 Å². The number of hydrogen-bond donors (Lipinski definition) is 2. The lowest BCUT2D eigenvalue weighted by Crippen LogP contribution is -2.29. The van der Waals surface area contributed by atoms with Crippen molar-refractivity contribution < 1.29 is 37.9 Å². The highest BCUT2D eigenvalue weighted by atomic mass is 31.2. The van der Waals surface area contributed by atoms with Crippen LogP contribution in [0.1, 0.15) is 168 Å². The van der Waals surface area contributed by atoms with E-state index in [-0.39, 0.29) is 19.4 Å². The minimum atomic E-state index is -4.73. The molecule has 0 rings (SSSR count). The molecule has 238 valence electrons. The molecule has 1 atom stereocenters. The van der Waals surface area contributed by atoms with Crippen LogP contribution in [0.2, 0.25) is 0 Å². The van der Waals surface area contributed by atoms with Crippen molar-refractivity contribution >= 4 is 19.8 Å². The summed E-state index contributed by atoms with van der Waals surface area (Å²) in [5.74, 6) is -0.884. The lowest BCUT2D eigenvalue weighted by atomic mass is 10.0. The Morgan fingerprint density at radius 1 is 0.550 bits per heavy atom. The van der Waals surface area contributed by atoms with Crippen molar-refractivity contribution in [3.05, 3.63) is 0 Å². The fourth-order valence-electron chi connectivity index (χ4n) is 4.67. The summed E-state index contributed by atoms with van der Waals surface area (Å²) in [6.07, 6.45) is 25.6. The fraction of sp³-hybridized carbons (Fsp3) is 0.935. The van der Waals surface area contributed by atoms with Crippen molar-refractivity contribution in [1.82, 2.24) is 0 Å². The Kier molecular flexibility index (Phi) is 27.5. The lowest BCUT2D eigenvalue weighted by Gasteiger charge is -2.18. The molecule has 0 aromatic heterocycles. The first-order valence-electron chi connectivity index (χ1n) is 16.3. The number of hydrogen-bond acceptors (Lipinski definition) is 6. The average molecular weight is 593 g/mol. The second-order valence-corrected chi connectivity index (χ2v) is 12.4. The van der Waals surface area contributed by atoms with Gasteiger partial charge in [0, 0.05) is 12.8 Å². The summed E-state index contributed by atoms with van der Waals surface area (Å²) in [4.78, 5) is 42.3. The zero-order valence-electron chi connectivity index (χ0n) is 25.8. The lowest BCUT2D eigenvalue weighted by molar-refractivity contribution is -0.161. The molecule has 0 saturated carbocycles. The van der Waals surface area contributed by atoms with Crippen LogP contribution in [0.15, 0.2) is 0 Å². The molecule has 40 heavy (non-hydrogen) atoms. The molecule has 9 heteroatoms. The Balaban J connectivity index is 3.94. The quantitative estimate of drug-likeness (QED) is 0.0482. The molecule has 0 aromatic rings. The third-order valence-electron chi connectivity index (χ3n) is 7.13. The molecule has 0 bridgehead atoms. The standard InChI is InChI=1S/C31H61O8P/c1-3-5-7-9-11-12-13-14-15-16-17-18-20-22-24-26-31(33)39-29(28-38-40(34,35)36)27-37-30(32)25-23-21-19-10-8-6-4-2/h29H,3-28H2,1-2H3,(H2,34,35,36). The van der Waals surface area contributed by atoms with Crippen molar-refractivity contribution in [2.75, 3.05) is 13.2 Å². The van der Waals surface area contributed by atoms with Crippen molar-refractivity contribution in [2.24, 2.45) is 0 Å². The Morgan fingerprint density at radius 3 is 1.27 bits per heavy atom. The molecule has 0 fully saturated rings. The van der Waals surface area contributed by atoms with Gasteiger partial charge in [0.05, 0.1) is 6.61 Å². The van der Waals surface area contributed by atoms with Crippen molar-refractivity contribution in [1.29, 1.82) is 0 Å². The second-order valence-electron chi connectivity index (χ2n) is 11.2. The maximum atomic E-state index is 12.3. The van der Waals surface area contributed by atoms with Crippen LogP contribution in [0.3, 0.4) is 0 Å². The van der Waals surface area contributed by atoms with E-state index in [1.54, 1.807) is 0 Å². The Labute approximate surface area is 244 Å². The van der Waals surface area contributed by atoms with E-state index in [1.807, 2.05) is 0 Å². The number of esters is 2. The van der Waals surface area contributed by atoms with E-state index in [0.29, 0.717) is 6.42 Å².